The molecule has 4 rings (SSSR count). The van der Waals surface area contributed by atoms with Gasteiger partial charge >= 0.3 is 0 Å². The monoisotopic (exact) mass is 380 g/mol. The molecule has 2 N–H and O–H groups in total. The second kappa shape index (κ2) is 7.46. The molecule has 1 aliphatic rings. The number of phenols is 1. The van der Waals surface area contributed by atoms with E-state index in [0.717, 1.165) is 24.1 Å². The summed E-state index contributed by atoms with van der Waals surface area (Å²) in [6.45, 7) is 1.33. The summed E-state index contributed by atoms with van der Waals surface area (Å²) in [6.07, 6.45) is 3.85. The van der Waals surface area contributed by atoms with Crippen molar-refractivity contribution in [2.24, 2.45) is 0 Å². The van der Waals surface area contributed by atoms with Crippen LogP contribution in [-0.2, 0) is 0 Å². The van der Waals surface area contributed by atoms with Gasteiger partial charge in [-0.05, 0) is 60.7 Å². The van der Waals surface area contributed by atoms with Crippen LogP contribution in [0.25, 0.3) is 10.9 Å². The molecule has 0 saturated carbocycles. The molecular weight excluding hydrogens is 356 g/mol. The second-order valence-corrected chi connectivity index (χ2v) is 7.11. The molecule has 0 bridgehead atoms. The molecule has 2 aromatic carbocycles. The summed E-state index contributed by atoms with van der Waals surface area (Å²) in [5.74, 6) is 1.67. The first-order chi connectivity index (χ1) is 13.6. The number of aromatic amines is 1. The number of nitrogens with zero attached hydrogens (tertiary/aromatic N) is 1. The summed E-state index contributed by atoms with van der Waals surface area (Å²) in [4.78, 5) is 18.1. The molecule has 1 amide bonds. The van der Waals surface area contributed by atoms with Crippen LogP contribution < -0.4 is 9.47 Å². The number of nitrogens with one attached hydrogen (secondary N) is 1. The third-order valence-electron chi connectivity index (χ3n) is 5.56. The van der Waals surface area contributed by atoms with Crippen LogP contribution in [-0.4, -0.2) is 48.2 Å². The van der Waals surface area contributed by atoms with Crippen molar-refractivity contribution in [1.82, 2.24) is 9.88 Å². The number of H-pyrrole nitrogens is 1. The SMILES string of the molecule is COc1ccc2[nH]cc(C3CCN(C(=O)c4cc(O)ccc4OC)CC3)c2c1. The fourth-order valence-electron chi connectivity index (χ4n) is 4.01. The Kier molecular flexibility index (Phi) is 4.86. The van der Waals surface area contributed by atoms with Crippen molar-refractivity contribution in [2.45, 2.75) is 18.8 Å². The van der Waals surface area contributed by atoms with E-state index in [1.807, 2.05) is 17.0 Å². The predicted octanol–water partition coefficient (Wildman–Crippen LogP) is 3.91. The molecule has 6 heteroatoms. The minimum atomic E-state index is -0.105. The highest BCUT2D eigenvalue weighted by Crippen LogP contribution is 2.35. The number of likely N-dealkylation sites (tertiary alicyclic amines) is 1. The number of benzene rings is 2. The van der Waals surface area contributed by atoms with Crippen LogP contribution in [0.15, 0.2) is 42.6 Å². The molecule has 1 aliphatic heterocycles. The Hall–Kier alpha value is -3.15. The van der Waals surface area contributed by atoms with E-state index < -0.39 is 0 Å². The summed E-state index contributed by atoms with van der Waals surface area (Å²) in [5, 5.41) is 10.9. The van der Waals surface area contributed by atoms with Crippen LogP contribution in [0.1, 0.15) is 34.7 Å². The van der Waals surface area contributed by atoms with Gasteiger partial charge in [-0.3, -0.25) is 4.79 Å². The van der Waals surface area contributed by atoms with Crippen LogP contribution in [0.5, 0.6) is 17.2 Å². The molecule has 0 aliphatic carbocycles. The summed E-state index contributed by atoms with van der Waals surface area (Å²) < 4.78 is 10.7. The summed E-state index contributed by atoms with van der Waals surface area (Å²) in [7, 11) is 3.20. The largest absolute Gasteiger partial charge is 0.508 e. The van der Waals surface area contributed by atoms with Crippen LogP contribution in [0, 0.1) is 0 Å². The standard InChI is InChI=1S/C22H24N2O4/c1-27-16-4-5-20-17(12-16)19(13-23-20)14-7-9-24(10-8-14)22(26)18-11-15(25)3-6-21(18)28-2/h3-6,11-14,23,25H,7-10H2,1-2H3. The molecule has 146 valence electrons. The number of methoxy groups -OCH3 is 2. The van der Waals surface area contributed by atoms with Crippen LogP contribution in [0.3, 0.4) is 0 Å². The van der Waals surface area contributed by atoms with Gasteiger partial charge < -0.3 is 24.5 Å². The second-order valence-electron chi connectivity index (χ2n) is 7.11. The number of phenolic OH excluding ortho intramolecular Hbond substituents is 1. The summed E-state index contributed by atoms with van der Waals surface area (Å²) in [5.41, 5.74) is 2.77. The van der Waals surface area contributed by atoms with Gasteiger partial charge in [-0.1, -0.05) is 0 Å². The lowest BCUT2D eigenvalue weighted by Gasteiger charge is -2.32. The van der Waals surface area contributed by atoms with Crippen molar-refractivity contribution >= 4 is 16.8 Å². The third-order valence-corrected chi connectivity index (χ3v) is 5.56. The van der Waals surface area contributed by atoms with Crippen molar-refractivity contribution in [3.05, 3.63) is 53.7 Å². The van der Waals surface area contributed by atoms with Crippen molar-refractivity contribution in [3.63, 3.8) is 0 Å². The van der Waals surface area contributed by atoms with E-state index >= 15 is 0 Å². The Labute approximate surface area is 163 Å². The fraction of sp³-hybridized carbons (Fsp3) is 0.318. The molecule has 2 heterocycles. The summed E-state index contributed by atoms with van der Waals surface area (Å²) >= 11 is 0. The first-order valence-electron chi connectivity index (χ1n) is 9.42. The average Bonchev–Trinajstić information content (AvgIpc) is 3.16. The van der Waals surface area contributed by atoms with Crippen molar-refractivity contribution in [2.75, 3.05) is 27.3 Å². The zero-order valence-corrected chi connectivity index (χ0v) is 16.1. The quantitative estimate of drug-likeness (QED) is 0.720. The van der Waals surface area contributed by atoms with E-state index in [-0.39, 0.29) is 11.7 Å². The number of hydrogen-bond acceptors (Lipinski definition) is 4. The predicted molar refractivity (Wildman–Crippen MR) is 107 cm³/mol. The minimum absolute atomic E-state index is 0.0618. The molecule has 0 spiro atoms. The molecule has 1 fully saturated rings. The zero-order chi connectivity index (χ0) is 19.7. The molecule has 0 atom stereocenters. The third kappa shape index (κ3) is 3.26. The van der Waals surface area contributed by atoms with Crippen LogP contribution >= 0.6 is 0 Å². The lowest BCUT2D eigenvalue weighted by atomic mass is 9.89. The lowest BCUT2D eigenvalue weighted by Crippen LogP contribution is -2.38. The zero-order valence-electron chi connectivity index (χ0n) is 16.1. The number of carbonyl (C=O) groups is 1. The van der Waals surface area contributed by atoms with Gasteiger partial charge in [0.15, 0.2) is 0 Å². The Morgan fingerprint density at radius 2 is 1.89 bits per heavy atom. The molecule has 3 aromatic rings. The maximum atomic E-state index is 12.9. The summed E-state index contributed by atoms with van der Waals surface area (Å²) in [6, 6.07) is 10.7. The number of fused-ring (bicyclic) bond motifs is 1. The normalized spacial score (nSPS) is 15.0. The molecule has 6 nitrogen and oxygen atoms in total. The highest BCUT2D eigenvalue weighted by molar-refractivity contribution is 5.97. The van der Waals surface area contributed by atoms with Gasteiger partial charge in [0.25, 0.3) is 5.91 Å². The van der Waals surface area contributed by atoms with Crippen molar-refractivity contribution < 1.29 is 19.4 Å². The highest BCUT2D eigenvalue weighted by Gasteiger charge is 2.27. The molecule has 28 heavy (non-hydrogen) atoms. The van der Waals surface area contributed by atoms with E-state index in [4.69, 9.17) is 9.47 Å². The number of piperidine rings is 1. The van der Waals surface area contributed by atoms with Gasteiger partial charge in [0.05, 0.1) is 19.8 Å². The van der Waals surface area contributed by atoms with Gasteiger partial charge in [0.2, 0.25) is 0 Å². The number of rotatable bonds is 4. The topological polar surface area (TPSA) is 74.8 Å². The molecule has 1 aromatic heterocycles. The first kappa shape index (κ1) is 18.2. The number of carbonyl (C=O) groups excluding carboxylic acids is 1. The van der Waals surface area contributed by atoms with E-state index in [9.17, 15) is 9.90 Å². The first-order valence-corrected chi connectivity index (χ1v) is 9.42. The van der Waals surface area contributed by atoms with Gasteiger partial charge in [-0.15, -0.1) is 0 Å². The van der Waals surface area contributed by atoms with Gasteiger partial charge in [0, 0.05) is 30.2 Å². The van der Waals surface area contributed by atoms with E-state index in [0.29, 0.717) is 30.3 Å². The van der Waals surface area contributed by atoms with E-state index in [1.165, 1.54) is 30.2 Å². The Balaban J connectivity index is 1.51. The average molecular weight is 380 g/mol. The van der Waals surface area contributed by atoms with Crippen LogP contribution in [0.4, 0.5) is 0 Å². The highest BCUT2D eigenvalue weighted by atomic mass is 16.5. The van der Waals surface area contributed by atoms with E-state index in [2.05, 4.69) is 17.2 Å². The van der Waals surface area contributed by atoms with Gasteiger partial charge in [0.1, 0.15) is 17.2 Å². The van der Waals surface area contributed by atoms with Gasteiger partial charge in [-0.25, -0.2) is 0 Å². The number of aromatic nitrogens is 1. The number of ether oxygens (including phenoxy) is 2. The Morgan fingerprint density at radius 1 is 1.11 bits per heavy atom. The Bertz CT molecular complexity index is 1000. The lowest BCUT2D eigenvalue weighted by molar-refractivity contribution is 0.0709. The fourth-order valence-corrected chi connectivity index (χ4v) is 4.01. The smallest absolute Gasteiger partial charge is 0.257 e. The van der Waals surface area contributed by atoms with Crippen molar-refractivity contribution in [3.8, 4) is 17.2 Å². The Morgan fingerprint density at radius 3 is 2.61 bits per heavy atom. The molecule has 0 unspecified atom stereocenters. The number of aromatic hydroxyl groups is 1. The number of amides is 1. The van der Waals surface area contributed by atoms with Gasteiger partial charge in [-0.2, -0.15) is 0 Å². The minimum Gasteiger partial charge on any atom is -0.508 e. The van der Waals surface area contributed by atoms with E-state index in [1.54, 1.807) is 13.2 Å². The maximum absolute atomic E-state index is 12.9. The molecule has 0 radical (unpaired) electrons. The maximum Gasteiger partial charge on any atom is 0.257 e. The molecular formula is C22H24N2O4. The van der Waals surface area contributed by atoms with Crippen LogP contribution in [0.2, 0.25) is 0 Å². The van der Waals surface area contributed by atoms with Crippen molar-refractivity contribution in [1.29, 1.82) is 0 Å². The number of hydrogen-bond donors (Lipinski definition) is 2. The molecule has 1 saturated heterocycles.